The molecule has 0 saturated heterocycles. The third-order valence-electron chi connectivity index (χ3n) is 11.1. The van der Waals surface area contributed by atoms with E-state index in [1.807, 2.05) is 0 Å². The summed E-state index contributed by atoms with van der Waals surface area (Å²) in [5, 5.41) is 0. The second-order valence-corrected chi connectivity index (χ2v) is 15.8. The summed E-state index contributed by atoms with van der Waals surface area (Å²) in [5.41, 5.74) is 0.347. The SMILES string of the molecule is C=CC[N+](C)(CCCCCCCCCCCCCCCCCC)C(C)(C)CCCCCCCCCCCCCCCCCC. The molecule has 44 heavy (non-hydrogen) atoms. The Hall–Kier alpha value is -0.300. The van der Waals surface area contributed by atoms with Gasteiger partial charge in [-0.05, 0) is 39.2 Å². The van der Waals surface area contributed by atoms with Gasteiger partial charge in [0.25, 0.3) is 0 Å². The van der Waals surface area contributed by atoms with Crippen molar-refractivity contribution in [2.75, 3.05) is 20.1 Å². The zero-order valence-electron chi connectivity index (χ0n) is 32.0. The van der Waals surface area contributed by atoms with Crippen molar-refractivity contribution in [1.29, 1.82) is 0 Å². The molecule has 0 aromatic carbocycles. The molecule has 0 aliphatic heterocycles. The number of rotatable bonds is 37. The molecule has 1 unspecified atom stereocenters. The molecule has 1 nitrogen and oxygen atoms in total. The van der Waals surface area contributed by atoms with E-state index in [1.165, 1.54) is 223 Å². The summed E-state index contributed by atoms with van der Waals surface area (Å²) in [5.74, 6) is 0. The Balaban J connectivity index is 3.76. The van der Waals surface area contributed by atoms with E-state index in [4.69, 9.17) is 0 Å². The van der Waals surface area contributed by atoms with Crippen molar-refractivity contribution < 1.29 is 4.48 Å². The van der Waals surface area contributed by atoms with E-state index < -0.39 is 0 Å². The number of unbranched alkanes of at least 4 members (excludes halogenated alkanes) is 30. The maximum absolute atomic E-state index is 4.15. The van der Waals surface area contributed by atoms with Crippen molar-refractivity contribution in [3.63, 3.8) is 0 Å². The summed E-state index contributed by atoms with van der Waals surface area (Å²) in [4.78, 5) is 0. The first-order valence-corrected chi connectivity index (χ1v) is 20.9. The fraction of sp³-hybridized carbons (Fsp3) is 0.953. The highest BCUT2D eigenvalue weighted by Gasteiger charge is 2.38. The normalized spacial score (nSPS) is 13.4. The Kier molecular flexibility index (Phi) is 32.4. The lowest BCUT2D eigenvalue weighted by molar-refractivity contribution is -0.951. The van der Waals surface area contributed by atoms with Gasteiger partial charge in [0.15, 0.2) is 0 Å². The molecule has 0 aliphatic carbocycles. The van der Waals surface area contributed by atoms with Crippen LogP contribution in [0.4, 0.5) is 0 Å². The molecule has 0 radical (unpaired) electrons. The van der Waals surface area contributed by atoms with Crippen molar-refractivity contribution in [3.05, 3.63) is 12.7 Å². The average Bonchev–Trinajstić information content (AvgIpc) is 3.00. The van der Waals surface area contributed by atoms with Gasteiger partial charge in [-0.1, -0.05) is 207 Å². The van der Waals surface area contributed by atoms with Crippen molar-refractivity contribution in [2.24, 2.45) is 0 Å². The summed E-state index contributed by atoms with van der Waals surface area (Å²) in [6.45, 7) is 16.3. The van der Waals surface area contributed by atoms with Gasteiger partial charge in [0.1, 0.15) is 0 Å². The van der Waals surface area contributed by atoms with Crippen molar-refractivity contribution in [2.45, 2.75) is 245 Å². The fourth-order valence-corrected chi connectivity index (χ4v) is 7.31. The van der Waals surface area contributed by atoms with Crippen LogP contribution in [0.5, 0.6) is 0 Å². The summed E-state index contributed by atoms with van der Waals surface area (Å²) < 4.78 is 1.17. The molecule has 0 amide bonds. The molecule has 1 heteroatoms. The van der Waals surface area contributed by atoms with Crippen molar-refractivity contribution in [3.8, 4) is 0 Å². The van der Waals surface area contributed by atoms with Gasteiger partial charge < -0.3 is 4.48 Å². The quantitative estimate of drug-likeness (QED) is 0.0369. The van der Waals surface area contributed by atoms with E-state index in [-0.39, 0.29) is 0 Å². The predicted molar refractivity (Wildman–Crippen MR) is 204 cm³/mol. The minimum absolute atomic E-state index is 0.347. The van der Waals surface area contributed by atoms with E-state index in [0.29, 0.717) is 5.54 Å². The monoisotopic (exact) mass is 619 g/mol. The first-order valence-electron chi connectivity index (χ1n) is 20.9. The van der Waals surface area contributed by atoms with Crippen LogP contribution in [0.1, 0.15) is 240 Å². The number of nitrogens with zero attached hydrogens (tertiary/aromatic N) is 1. The summed E-state index contributed by atoms with van der Waals surface area (Å²) in [6, 6.07) is 0. The number of hydrogen-bond donors (Lipinski definition) is 0. The maximum Gasteiger partial charge on any atom is 0.0973 e. The molecular weight excluding hydrogens is 530 g/mol. The van der Waals surface area contributed by atoms with E-state index in [0.717, 1.165) is 6.54 Å². The van der Waals surface area contributed by atoms with E-state index in [1.54, 1.807) is 0 Å². The molecule has 264 valence electrons. The molecular formula is C43H88N+. The van der Waals surface area contributed by atoms with Crippen molar-refractivity contribution >= 4 is 0 Å². The smallest absolute Gasteiger partial charge is 0.0973 e. The van der Waals surface area contributed by atoms with E-state index >= 15 is 0 Å². The standard InChI is InChI=1S/C43H88N/c1-7-10-12-14-16-18-20-22-24-26-28-30-32-34-36-38-40-43(4,5)44(6,41-9-3)42-39-37-35-33-31-29-27-25-23-21-19-17-15-13-11-8-2/h9H,3,7-8,10-42H2,1-2,4-6H3/q+1. The largest absolute Gasteiger partial charge is 0.318 e. The van der Waals surface area contributed by atoms with Gasteiger partial charge in [-0.2, -0.15) is 0 Å². The molecule has 0 saturated carbocycles. The molecule has 1 atom stereocenters. The van der Waals surface area contributed by atoms with Crippen LogP contribution in [0.15, 0.2) is 12.7 Å². The van der Waals surface area contributed by atoms with Gasteiger partial charge in [-0.3, -0.25) is 0 Å². The van der Waals surface area contributed by atoms with Crippen LogP contribution in [0, 0.1) is 0 Å². The minimum atomic E-state index is 0.347. The molecule has 0 heterocycles. The van der Waals surface area contributed by atoms with E-state index in [2.05, 4.69) is 47.4 Å². The second kappa shape index (κ2) is 32.6. The Bertz CT molecular complexity index is 565. The molecule has 0 rings (SSSR count). The first-order chi connectivity index (χ1) is 21.4. The van der Waals surface area contributed by atoms with Gasteiger partial charge in [0.05, 0.1) is 25.7 Å². The Morgan fingerprint density at radius 1 is 0.409 bits per heavy atom. The molecule has 0 aromatic rings. The molecule has 0 bridgehead atoms. The lowest BCUT2D eigenvalue weighted by atomic mass is 9.90. The lowest BCUT2D eigenvalue weighted by Crippen LogP contribution is -2.59. The average molecular weight is 619 g/mol. The maximum atomic E-state index is 4.15. The van der Waals surface area contributed by atoms with E-state index in [9.17, 15) is 0 Å². The lowest BCUT2D eigenvalue weighted by Gasteiger charge is -2.47. The van der Waals surface area contributed by atoms with Crippen LogP contribution in [-0.2, 0) is 0 Å². The van der Waals surface area contributed by atoms with Gasteiger partial charge in [-0.15, -0.1) is 0 Å². The zero-order valence-corrected chi connectivity index (χ0v) is 32.0. The zero-order chi connectivity index (χ0) is 32.5. The molecule has 0 aromatic heterocycles. The Labute approximate surface area is 281 Å². The highest BCUT2D eigenvalue weighted by molar-refractivity contribution is 4.76. The highest BCUT2D eigenvalue weighted by atomic mass is 15.4. The van der Waals surface area contributed by atoms with Gasteiger partial charge in [0, 0.05) is 6.42 Å². The number of likely N-dealkylation sites (N-methyl/N-ethyl adjacent to an activating group) is 1. The predicted octanol–water partition coefficient (Wildman–Crippen LogP) is 15.3. The molecule has 0 spiro atoms. The number of hydrogen-bond acceptors (Lipinski definition) is 0. The second-order valence-electron chi connectivity index (χ2n) is 15.8. The Morgan fingerprint density at radius 2 is 0.659 bits per heavy atom. The highest BCUT2D eigenvalue weighted by Crippen LogP contribution is 2.30. The summed E-state index contributed by atoms with van der Waals surface area (Å²) >= 11 is 0. The van der Waals surface area contributed by atoms with Crippen LogP contribution in [-0.4, -0.2) is 30.2 Å². The molecule has 0 fully saturated rings. The molecule has 0 N–H and O–H groups in total. The third kappa shape index (κ3) is 26.9. The first kappa shape index (κ1) is 43.7. The van der Waals surface area contributed by atoms with Crippen LogP contribution >= 0.6 is 0 Å². The van der Waals surface area contributed by atoms with Crippen LogP contribution in [0.25, 0.3) is 0 Å². The number of quaternary nitrogens is 1. The van der Waals surface area contributed by atoms with Gasteiger partial charge in [0.2, 0.25) is 0 Å². The van der Waals surface area contributed by atoms with Crippen LogP contribution in [0.3, 0.4) is 0 Å². The fourth-order valence-electron chi connectivity index (χ4n) is 7.31. The van der Waals surface area contributed by atoms with Gasteiger partial charge in [-0.25, -0.2) is 0 Å². The topological polar surface area (TPSA) is 0 Å². The van der Waals surface area contributed by atoms with Crippen LogP contribution < -0.4 is 0 Å². The Morgan fingerprint density at radius 3 is 0.932 bits per heavy atom. The van der Waals surface area contributed by atoms with Gasteiger partial charge >= 0.3 is 0 Å². The summed E-state index contributed by atoms with van der Waals surface area (Å²) in [6.07, 6.45) is 49.9. The third-order valence-corrected chi connectivity index (χ3v) is 11.1. The summed E-state index contributed by atoms with van der Waals surface area (Å²) in [7, 11) is 2.51. The minimum Gasteiger partial charge on any atom is -0.318 e. The molecule has 0 aliphatic rings. The van der Waals surface area contributed by atoms with Crippen LogP contribution in [0.2, 0.25) is 0 Å². The van der Waals surface area contributed by atoms with Crippen molar-refractivity contribution in [1.82, 2.24) is 0 Å².